The number of halogens is 2. The number of hydrogen-bond acceptors (Lipinski definition) is 0. The van der Waals surface area contributed by atoms with Gasteiger partial charge in [-0.3, -0.25) is 0 Å². The van der Waals surface area contributed by atoms with Crippen molar-refractivity contribution in [3.8, 4) is 0 Å². The van der Waals surface area contributed by atoms with Crippen molar-refractivity contribution in [3.05, 3.63) is 0 Å². The molecule has 0 amide bonds. The van der Waals surface area contributed by atoms with E-state index in [4.69, 9.17) is 16.6 Å². The van der Waals surface area contributed by atoms with Crippen LogP contribution in [0.25, 0.3) is 0 Å². The molecule has 0 atom stereocenters. The minimum atomic E-state index is -2.61. The summed E-state index contributed by atoms with van der Waals surface area (Å²) in [4.78, 5) is 0. The Morgan fingerprint density at radius 1 is 0.909 bits per heavy atom. The van der Waals surface area contributed by atoms with E-state index in [1.807, 2.05) is 0 Å². The second-order valence-corrected chi connectivity index (χ2v) is 28.0. The maximum absolute atomic E-state index is 6.28. The SMILES string of the molecule is CCC[CH2][Pb]([Cl])([Cl])[CH2]CCC. The molecule has 0 saturated heterocycles. The topological polar surface area (TPSA) is 0 Å². The van der Waals surface area contributed by atoms with E-state index in [-0.39, 0.29) is 0 Å². The molecule has 0 unspecified atom stereocenters. The maximum atomic E-state index is 6.28. The predicted octanol–water partition coefficient (Wildman–Crippen LogP) is 4.51. The van der Waals surface area contributed by atoms with Gasteiger partial charge in [-0.25, -0.2) is 0 Å². The van der Waals surface area contributed by atoms with Gasteiger partial charge in [-0.05, 0) is 0 Å². The first-order chi connectivity index (χ1) is 5.12. The molecule has 0 aromatic heterocycles. The fourth-order valence-corrected chi connectivity index (χ4v) is 13.4. The average molecular weight is 392 g/mol. The molecule has 0 rings (SSSR count). The Hall–Kier alpha value is 1.50. The van der Waals surface area contributed by atoms with E-state index < -0.39 is 18.7 Å². The summed E-state index contributed by atoms with van der Waals surface area (Å²) >= 11 is -2.61. The van der Waals surface area contributed by atoms with Crippen LogP contribution in [0.2, 0.25) is 7.96 Å². The van der Waals surface area contributed by atoms with E-state index in [1.54, 1.807) is 0 Å². The molecule has 11 heavy (non-hydrogen) atoms. The van der Waals surface area contributed by atoms with Crippen molar-refractivity contribution in [2.45, 2.75) is 47.5 Å². The summed E-state index contributed by atoms with van der Waals surface area (Å²) in [5.41, 5.74) is 0. The average Bonchev–Trinajstić information content (AvgIpc) is 1.97. The summed E-state index contributed by atoms with van der Waals surface area (Å²) in [6, 6.07) is 0. The molecule has 0 spiro atoms. The zero-order chi connectivity index (χ0) is 8.74. The number of rotatable bonds is 6. The molecule has 0 fully saturated rings. The molecule has 0 radical (unpaired) electrons. The van der Waals surface area contributed by atoms with Crippen molar-refractivity contribution in [1.29, 1.82) is 0 Å². The van der Waals surface area contributed by atoms with E-state index >= 15 is 0 Å². The van der Waals surface area contributed by atoms with Crippen LogP contribution in [-0.2, 0) is 0 Å². The summed E-state index contributed by atoms with van der Waals surface area (Å²) < 4.78 is 2.32. The number of unbranched alkanes of at least 4 members (excludes halogenated alkanes) is 2. The van der Waals surface area contributed by atoms with E-state index in [2.05, 4.69) is 13.8 Å². The molecule has 0 saturated carbocycles. The molecule has 0 nitrogen and oxygen atoms in total. The van der Waals surface area contributed by atoms with E-state index in [0.717, 1.165) is 7.96 Å². The summed E-state index contributed by atoms with van der Waals surface area (Å²) in [6.07, 6.45) is 4.93. The Labute approximate surface area is 82.2 Å². The van der Waals surface area contributed by atoms with Gasteiger partial charge in [0.2, 0.25) is 0 Å². The zero-order valence-corrected chi connectivity index (χ0v) is 12.9. The van der Waals surface area contributed by atoms with Gasteiger partial charge in [0, 0.05) is 0 Å². The summed E-state index contributed by atoms with van der Waals surface area (Å²) in [6.45, 7) is 4.38. The third-order valence-electron chi connectivity index (χ3n) is 1.79. The molecule has 0 aromatic rings. The Balaban J connectivity index is 3.43. The summed E-state index contributed by atoms with van der Waals surface area (Å²) in [5.74, 6) is 0. The van der Waals surface area contributed by atoms with Crippen molar-refractivity contribution in [3.63, 3.8) is 0 Å². The van der Waals surface area contributed by atoms with E-state index in [9.17, 15) is 0 Å². The third-order valence-corrected chi connectivity index (χ3v) is 16.9. The molecule has 0 aromatic carbocycles. The van der Waals surface area contributed by atoms with Crippen molar-refractivity contribution in [2.24, 2.45) is 0 Å². The van der Waals surface area contributed by atoms with Crippen molar-refractivity contribution in [2.75, 3.05) is 0 Å². The minimum absolute atomic E-state index is 1.16. The summed E-state index contributed by atoms with van der Waals surface area (Å²) in [7, 11) is 12.6. The van der Waals surface area contributed by atoms with Gasteiger partial charge in [0.25, 0.3) is 0 Å². The Morgan fingerprint density at radius 3 is 1.55 bits per heavy atom. The molecule has 68 valence electrons. The second-order valence-electron chi connectivity index (χ2n) is 3.06. The van der Waals surface area contributed by atoms with Gasteiger partial charge >= 0.3 is 82.8 Å². The van der Waals surface area contributed by atoms with Gasteiger partial charge in [-0.15, -0.1) is 0 Å². The van der Waals surface area contributed by atoms with Crippen LogP contribution in [0.15, 0.2) is 0 Å². The zero-order valence-electron chi connectivity index (χ0n) is 7.50. The van der Waals surface area contributed by atoms with Gasteiger partial charge < -0.3 is 0 Å². The Kier molecular flexibility index (Phi) is 7.91. The predicted molar refractivity (Wildman–Crippen MR) is 56.9 cm³/mol. The Morgan fingerprint density at radius 2 is 1.27 bits per heavy atom. The van der Waals surface area contributed by atoms with Crippen LogP contribution in [0, 0.1) is 0 Å². The molecular formula is C8H18Cl2Pb. The second kappa shape index (κ2) is 6.96. The first-order valence-electron chi connectivity index (χ1n) is 4.50. The van der Waals surface area contributed by atoms with Crippen molar-refractivity contribution in [1.82, 2.24) is 0 Å². The molecule has 0 N–H and O–H groups in total. The first kappa shape index (κ1) is 12.5. The molecule has 0 heterocycles. The van der Waals surface area contributed by atoms with Gasteiger partial charge in [-0.2, -0.15) is 0 Å². The van der Waals surface area contributed by atoms with Crippen LogP contribution in [0.3, 0.4) is 0 Å². The molecule has 0 aliphatic carbocycles. The monoisotopic (exact) mass is 392 g/mol. The van der Waals surface area contributed by atoms with Crippen LogP contribution < -0.4 is 0 Å². The molecule has 0 aliphatic rings. The van der Waals surface area contributed by atoms with Crippen LogP contribution in [0.5, 0.6) is 0 Å². The molecular weight excluding hydrogens is 374 g/mol. The number of hydrogen-bond donors (Lipinski definition) is 0. The van der Waals surface area contributed by atoms with Crippen LogP contribution in [-0.4, -0.2) is 18.7 Å². The van der Waals surface area contributed by atoms with E-state index in [0.29, 0.717) is 0 Å². The van der Waals surface area contributed by atoms with Gasteiger partial charge in [0.15, 0.2) is 0 Å². The fraction of sp³-hybridized carbons (Fsp3) is 1.00. The summed E-state index contributed by atoms with van der Waals surface area (Å²) in [5, 5.41) is 0. The standard InChI is InChI=1S/2C4H9.2ClH.Pb/c2*1-3-4-2;;;/h2*1,3-4H2,2H3;2*1H;/q;;;;+2/p-2. The molecule has 3 heteroatoms. The first-order valence-corrected chi connectivity index (χ1v) is 19.6. The molecule has 0 aliphatic heterocycles. The molecule has 0 bridgehead atoms. The normalized spacial score (nSPS) is 12.0. The fourth-order valence-electron chi connectivity index (χ4n) is 0.996. The third kappa shape index (κ3) is 7.85. The van der Waals surface area contributed by atoms with Crippen LogP contribution in [0.1, 0.15) is 39.5 Å². The van der Waals surface area contributed by atoms with Crippen LogP contribution in [0.4, 0.5) is 0 Å². The van der Waals surface area contributed by atoms with Crippen LogP contribution >= 0.6 is 16.6 Å². The van der Waals surface area contributed by atoms with E-state index in [1.165, 1.54) is 25.7 Å². The van der Waals surface area contributed by atoms with Crippen molar-refractivity contribution >= 4 is 35.4 Å². The van der Waals surface area contributed by atoms with Gasteiger partial charge in [0.1, 0.15) is 0 Å². The Bertz CT molecular complexity index is 84.1. The van der Waals surface area contributed by atoms with Crippen molar-refractivity contribution < 1.29 is 0 Å². The van der Waals surface area contributed by atoms with Gasteiger partial charge in [0.05, 0.1) is 0 Å². The quantitative estimate of drug-likeness (QED) is 0.584. The van der Waals surface area contributed by atoms with Gasteiger partial charge in [-0.1, -0.05) is 0 Å².